The highest BCUT2D eigenvalue weighted by molar-refractivity contribution is 7.81. The van der Waals surface area contributed by atoms with Crippen molar-refractivity contribution in [2.24, 2.45) is 0 Å². The average molecular weight is 331 g/mol. The summed E-state index contributed by atoms with van der Waals surface area (Å²) in [5.41, 5.74) is -0.626. The number of halogens is 2. The number of carboxylic acid groups (broad SMARTS) is 1. The molecule has 0 aromatic heterocycles. The van der Waals surface area contributed by atoms with Gasteiger partial charge in [-0.3, -0.25) is 0 Å². The van der Waals surface area contributed by atoms with Gasteiger partial charge in [0.2, 0.25) is 0 Å². The number of carbonyl (C=O) groups is 1. The number of anilines is 1. The Balaban J connectivity index is 3.01. The molecular weight excluding hydrogens is 316 g/mol. The van der Waals surface area contributed by atoms with Gasteiger partial charge in [-0.25, -0.2) is 13.6 Å². The van der Waals surface area contributed by atoms with Gasteiger partial charge in [0.25, 0.3) is 5.95 Å². The highest BCUT2D eigenvalue weighted by Crippen LogP contribution is 2.17. The lowest BCUT2D eigenvalue weighted by Gasteiger charge is -2.15. The van der Waals surface area contributed by atoms with Crippen LogP contribution in [0, 0.1) is 11.6 Å². The van der Waals surface area contributed by atoms with Crippen molar-refractivity contribution in [2.75, 3.05) is 5.32 Å². The van der Waals surface area contributed by atoms with Crippen LogP contribution in [0.15, 0.2) is 29.7 Å². The highest BCUT2D eigenvalue weighted by atomic mass is 32.1. The molecule has 8 heteroatoms. The van der Waals surface area contributed by atoms with E-state index in [0.29, 0.717) is 6.42 Å². The largest absolute Gasteiger partial charge is 0.480 e. The summed E-state index contributed by atoms with van der Waals surface area (Å²) in [4.78, 5) is 10.8. The van der Waals surface area contributed by atoms with Crippen LogP contribution in [0.2, 0.25) is 0 Å². The number of rotatable bonds is 6. The molecule has 0 spiro atoms. The third kappa shape index (κ3) is 4.66. The van der Waals surface area contributed by atoms with Gasteiger partial charge in [0.05, 0.1) is 6.10 Å². The predicted octanol–water partition coefficient (Wildman–Crippen LogP) is 3.37. The standard InChI is InChI=1S/C14H15F2NO4S/c1-3-7(2)21-14(20)11(13(18)19)12(22)17-8-4-5-9(15)10(16)6-8/h4-7,20H,3H2,1-2H3,(H,17,22)(H,18,19). The first kappa shape index (κ1) is 17.8. The second kappa shape index (κ2) is 7.69. The van der Waals surface area contributed by atoms with Gasteiger partial charge in [-0.15, -0.1) is 0 Å². The summed E-state index contributed by atoms with van der Waals surface area (Å²) in [5, 5.41) is 21.3. The van der Waals surface area contributed by atoms with Gasteiger partial charge >= 0.3 is 5.97 Å². The van der Waals surface area contributed by atoms with E-state index in [9.17, 15) is 18.7 Å². The Morgan fingerprint density at radius 3 is 2.50 bits per heavy atom. The maximum Gasteiger partial charge on any atom is 0.346 e. The van der Waals surface area contributed by atoms with E-state index >= 15 is 0 Å². The number of aliphatic carboxylic acids is 1. The Bertz CT molecular complexity index is 619. The van der Waals surface area contributed by atoms with Crippen molar-refractivity contribution in [1.82, 2.24) is 0 Å². The molecule has 0 aliphatic carbocycles. The van der Waals surface area contributed by atoms with E-state index < -0.39 is 35.2 Å². The van der Waals surface area contributed by atoms with Gasteiger partial charge < -0.3 is 20.3 Å². The van der Waals surface area contributed by atoms with Gasteiger partial charge in [-0.05, 0) is 25.5 Å². The van der Waals surface area contributed by atoms with Crippen LogP contribution in [0.1, 0.15) is 20.3 Å². The number of benzene rings is 1. The van der Waals surface area contributed by atoms with Crippen molar-refractivity contribution in [2.45, 2.75) is 26.4 Å². The lowest BCUT2D eigenvalue weighted by Crippen LogP contribution is -2.22. The van der Waals surface area contributed by atoms with Crippen molar-refractivity contribution in [3.8, 4) is 0 Å². The molecule has 0 bridgehead atoms. The molecule has 0 saturated carbocycles. The number of ether oxygens (including phenoxy) is 1. The molecule has 120 valence electrons. The molecule has 1 aromatic carbocycles. The maximum atomic E-state index is 13.1. The fourth-order valence-electron chi connectivity index (χ4n) is 1.39. The molecule has 0 amide bonds. The van der Waals surface area contributed by atoms with Crippen LogP contribution in [0.5, 0.6) is 0 Å². The van der Waals surface area contributed by atoms with Crippen molar-refractivity contribution < 1.29 is 28.5 Å². The number of nitrogens with one attached hydrogen (secondary N) is 1. The van der Waals surface area contributed by atoms with Crippen LogP contribution in [-0.2, 0) is 9.53 Å². The molecule has 1 unspecified atom stereocenters. The number of carboxylic acids is 1. The van der Waals surface area contributed by atoms with E-state index in [2.05, 4.69) is 5.32 Å². The smallest absolute Gasteiger partial charge is 0.346 e. The zero-order valence-electron chi connectivity index (χ0n) is 11.9. The molecule has 3 N–H and O–H groups in total. The van der Waals surface area contributed by atoms with Crippen LogP contribution in [0.3, 0.4) is 0 Å². The van der Waals surface area contributed by atoms with E-state index in [1.165, 1.54) is 6.07 Å². The lowest BCUT2D eigenvalue weighted by molar-refractivity contribution is -0.132. The summed E-state index contributed by atoms with van der Waals surface area (Å²) in [6.07, 6.45) is 0.126. The molecule has 22 heavy (non-hydrogen) atoms. The summed E-state index contributed by atoms with van der Waals surface area (Å²) in [7, 11) is 0. The third-order valence-electron chi connectivity index (χ3n) is 2.72. The molecule has 0 aliphatic rings. The SMILES string of the molecule is CCC(C)OC(O)=C(C(=O)O)C(=S)Nc1ccc(F)c(F)c1. The Morgan fingerprint density at radius 1 is 1.36 bits per heavy atom. The predicted molar refractivity (Wildman–Crippen MR) is 80.7 cm³/mol. The number of aliphatic hydroxyl groups excluding tert-OH is 1. The molecule has 1 aromatic rings. The van der Waals surface area contributed by atoms with Crippen LogP contribution < -0.4 is 5.32 Å². The Labute approximate surface area is 131 Å². The van der Waals surface area contributed by atoms with E-state index in [4.69, 9.17) is 22.1 Å². The summed E-state index contributed by atoms with van der Waals surface area (Å²) < 4.78 is 31.0. The second-order valence-corrected chi connectivity index (χ2v) is 4.81. The fraction of sp³-hybridized carbons (Fsp3) is 0.286. The summed E-state index contributed by atoms with van der Waals surface area (Å²) in [6.45, 7) is 3.43. The minimum absolute atomic E-state index is 0.0407. The molecule has 0 heterocycles. The Kier molecular flexibility index (Phi) is 6.24. The van der Waals surface area contributed by atoms with E-state index in [-0.39, 0.29) is 10.7 Å². The minimum atomic E-state index is -1.51. The first-order valence-corrected chi connectivity index (χ1v) is 6.76. The fourth-order valence-corrected chi connectivity index (χ4v) is 1.68. The van der Waals surface area contributed by atoms with Crippen LogP contribution in [0.4, 0.5) is 14.5 Å². The molecular formula is C14H15F2NO4S. The normalized spacial score (nSPS) is 13.1. The number of aliphatic hydroxyl groups is 1. The second-order valence-electron chi connectivity index (χ2n) is 4.41. The summed E-state index contributed by atoms with van der Waals surface area (Å²) in [6, 6.07) is 2.85. The topological polar surface area (TPSA) is 78.8 Å². The molecule has 0 aliphatic heterocycles. The zero-order valence-corrected chi connectivity index (χ0v) is 12.7. The molecule has 0 fully saturated rings. The monoisotopic (exact) mass is 331 g/mol. The van der Waals surface area contributed by atoms with Gasteiger partial charge in [-0.2, -0.15) is 0 Å². The molecule has 0 radical (unpaired) electrons. The quantitative estimate of drug-likeness (QED) is 0.421. The van der Waals surface area contributed by atoms with Gasteiger partial charge in [0.15, 0.2) is 17.2 Å². The number of thiocarbonyl (C=S) groups is 1. The van der Waals surface area contributed by atoms with Crippen LogP contribution >= 0.6 is 12.2 Å². The molecule has 0 saturated heterocycles. The molecule has 1 rings (SSSR count). The summed E-state index contributed by atoms with van der Waals surface area (Å²) >= 11 is 4.87. The molecule has 5 nitrogen and oxygen atoms in total. The Hall–Kier alpha value is -2.22. The van der Waals surface area contributed by atoms with Crippen molar-refractivity contribution in [1.29, 1.82) is 0 Å². The number of hydrogen-bond donors (Lipinski definition) is 3. The average Bonchev–Trinajstić information content (AvgIpc) is 2.42. The van der Waals surface area contributed by atoms with E-state index in [0.717, 1.165) is 12.1 Å². The lowest BCUT2D eigenvalue weighted by atomic mass is 10.2. The maximum absolute atomic E-state index is 13.1. The van der Waals surface area contributed by atoms with Gasteiger partial charge in [-0.1, -0.05) is 19.1 Å². The van der Waals surface area contributed by atoms with Crippen molar-refractivity contribution in [3.05, 3.63) is 41.4 Å². The zero-order chi connectivity index (χ0) is 16.9. The van der Waals surface area contributed by atoms with Gasteiger partial charge in [0.1, 0.15) is 4.99 Å². The highest BCUT2D eigenvalue weighted by Gasteiger charge is 2.22. The van der Waals surface area contributed by atoms with Crippen LogP contribution in [0.25, 0.3) is 0 Å². The number of hydrogen-bond acceptors (Lipinski definition) is 4. The van der Waals surface area contributed by atoms with Gasteiger partial charge in [0, 0.05) is 11.8 Å². The summed E-state index contributed by atoms with van der Waals surface area (Å²) in [5.74, 6) is -4.52. The van der Waals surface area contributed by atoms with Crippen LogP contribution in [-0.4, -0.2) is 27.3 Å². The minimum Gasteiger partial charge on any atom is -0.480 e. The van der Waals surface area contributed by atoms with Crippen molar-refractivity contribution in [3.63, 3.8) is 0 Å². The van der Waals surface area contributed by atoms with E-state index in [1.54, 1.807) is 13.8 Å². The Morgan fingerprint density at radius 2 is 2.00 bits per heavy atom. The first-order valence-electron chi connectivity index (χ1n) is 6.35. The van der Waals surface area contributed by atoms with E-state index in [1.807, 2.05) is 0 Å². The third-order valence-corrected chi connectivity index (χ3v) is 3.03. The van der Waals surface area contributed by atoms with Crippen molar-refractivity contribution >= 4 is 28.9 Å². The first-order chi connectivity index (χ1) is 10.3. The molecule has 1 atom stereocenters.